The minimum atomic E-state index is 0.00115. The van der Waals surface area contributed by atoms with Crippen molar-refractivity contribution in [3.8, 4) is 5.75 Å². The predicted octanol–water partition coefficient (Wildman–Crippen LogP) is 2.80. The van der Waals surface area contributed by atoms with Gasteiger partial charge >= 0.3 is 0 Å². The van der Waals surface area contributed by atoms with Crippen molar-refractivity contribution in [3.05, 3.63) is 24.3 Å². The van der Waals surface area contributed by atoms with E-state index >= 15 is 0 Å². The lowest BCUT2D eigenvalue weighted by atomic mass is 10.2. The van der Waals surface area contributed by atoms with Crippen LogP contribution >= 0.6 is 0 Å². The molecule has 1 unspecified atom stereocenters. The quantitative estimate of drug-likeness (QED) is 0.767. The Hall–Kier alpha value is -1.55. The van der Waals surface area contributed by atoms with E-state index in [0.29, 0.717) is 6.54 Å². The first-order valence-electron chi connectivity index (χ1n) is 7.44. The summed E-state index contributed by atoms with van der Waals surface area (Å²) >= 11 is 0. The number of benzene rings is 1. The van der Waals surface area contributed by atoms with Gasteiger partial charge in [0, 0.05) is 5.69 Å². The number of nitrogens with one attached hydrogen (secondary N) is 2. The first-order valence-corrected chi connectivity index (χ1v) is 7.44. The van der Waals surface area contributed by atoms with Gasteiger partial charge in [-0.1, -0.05) is 6.92 Å². The van der Waals surface area contributed by atoms with Gasteiger partial charge in [0.25, 0.3) is 0 Å². The molecular weight excluding hydrogens is 252 g/mol. The van der Waals surface area contributed by atoms with E-state index < -0.39 is 0 Å². The molecule has 1 aromatic carbocycles. The van der Waals surface area contributed by atoms with Crippen LogP contribution in [0.2, 0.25) is 0 Å². The first kappa shape index (κ1) is 14.9. The average Bonchev–Trinajstić information content (AvgIpc) is 3.25. The fourth-order valence-corrected chi connectivity index (χ4v) is 1.85. The van der Waals surface area contributed by atoms with E-state index in [1.54, 1.807) is 0 Å². The van der Waals surface area contributed by atoms with Crippen molar-refractivity contribution in [2.24, 2.45) is 5.92 Å². The smallest absolute Gasteiger partial charge is 0.238 e. The van der Waals surface area contributed by atoms with Crippen LogP contribution in [-0.4, -0.2) is 25.1 Å². The van der Waals surface area contributed by atoms with Gasteiger partial charge < -0.3 is 15.4 Å². The summed E-state index contributed by atoms with van der Waals surface area (Å²) in [6.45, 7) is 5.46. The Morgan fingerprint density at radius 1 is 1.35 bits per heavy atom. The van der Waals surface area contributed by atoms with Gasteiger partial charge in [0.15, 0.2) is 0 Å². The maximum absolute atomic E-state index is 11.7. The Bertz CT molecular complexity index is 427. The third kappa shape index (κ3) is 5.21. The number of rotatable bonds is 8. The van der Waals surface area contributed by atoms with Gasteiger partial charge in [0.2, 0.25) is 5.91 Å². The Labute approximate surface area is 120 Å². The second-order valence-corrected chi connectivity index (χ2v) is 5.48. The molecule has 0 aliphatic heterocycles. The van der Waals surface area contributed by atoms with Gasteiger partial charge in [-0.15, -0.1) is 0 Å². The number of amides is 1. The molecule has 1 aromatic rings. The highest BCUT2D eigenvalue weighted by molar-refractivity contribution is 5.92. The number of hydrogen-bond acceptors (Lipinski definition) is 3. The number of carbonyl (C=O) groups is 1. The number of carbonyl (C=O) groups excluding carboxylic acids is 1. The summed E-state index contributed by atoms with van der Waals surface area (Å²) in [5.41, 5.74) is 0.805. The van der Waals surface area contributed by atoms with Gasteiger partial charge in [-0.25, -0.2) is 0 Å². The maximum Gasteiger partial charge on any atom is 0.238 e. The Kier molecular flexibility index (Phi) is 5.41. The summed E-state index contributed by atoms with van der Waals surface area (Å²) in [5, 5.41) is 6.05. The number of ether oxygens (including phenoxy) is 1. The zero-order chi connectivity index (χ0) is 14.4. The van der Waals surface area contributed by atoms with Crippen LogP contribution in [0.25, 0.3) is 0 Å². The maximum atomic E-state index is 11.7. The molecule has 2 rings (SSSR count). The zero-order valence-electron chi connectivity index (χ0n) is 12.3. The van der Waals surface area contributed by atoms with Crippen molar-refractivity contribution < 1.29 is 9.53 Å². The largest absolute Gasteiger partial charge is 0.491 e. The highest BCUT2D eigenvalue weighted by atomic mass is 16.5. The topological polar surface area (TPSA) is 50.4 Å². The van der Waals surface area contributed by atoms with Gasteiger partial charge in [-0.2, -0.15) is 0 Å². The van der Waals surface area contributed by atoms with E-state index in [4.69, 9.17) is 4.74 Å². The summed E-state index contributed by atoms with van der Waals surface area (Å²) in [7, 11) is 0. The van der Waals surface area contributed by atoms with Crippen LogP contribution in [0.1, 0.15) is 33.1 Å². The van der Waals surface area contributed by atoms with E-state index in [2.05, 4.69) is 17.6 Å². The molecule has 1 saturated carbocycles. The van der Waals surface area contributed by atoms with Gasteiger partial charge in [-0.3, -0.25) is 4.79 Å². The third-order valence-corrected chi connectivity index (χ3v) is 3.47. The molecule has 0 saturated heterocycles. The van der Waals surface area contributed by atoms with E-state index in [0.717, 1.165) is 30.3 Å². The normalized spacial score (nSPS) is 15.7. The molecule has 1 amide bonds. The number of anilines is 1. The van der Waals surface area contributed by atoms with E-state index in [-0.39, 0.29) is 12.0 Å². The monoisotopic (exact) mass is 276 g/mol. The van der Waals surface area contributed by atoms with Crippen molar-refractivity contribution >= 4 is 11.6 Å². The van der Waals surface area contributed by atoms with Crippen LogP contribution in [0.15, 0.2) is 24.3 Å². The van der Waals surface area contributed by atoms with Gasteiger partial charge in [-0.05, 0) is 62.9 Å². The lowest BCUT2D eigenvalue weighted by Gasteiger charge is -2.13. The summed E-state index contributed by atoms with van der Waals surface area (Å²) in [5.74, 6) is 1.63. The minimum absolute atomic E-state index is 0.00115. The first-order chi connectivity index (χ1) is 9.67. The summed E-state index contributed by atoms with van der Waals surface area (Å²) in [6, 6.07) is 7.52. The molecule has 0 radical (unpaired) electrons. The highest BCUT2D eigenvalue weighted by Gasteiger charge is 2.20. The Balaban J connectivity index is 1.72. The van der Waals surface area contributed by atoms with Crippen molar-refractivity contribution in [1.29, 1.82) is 0 Å². The molecule has 20 heavy (non-hydrogen) atoms. The predicted molar refractivity (Wildman–Crippen MR) is 81.0 cm³/mol. The van der Waals surface area contributed by atoms with Crippen LogP contribution in [0.4, 0.5) is 5.69 Å². The molecule has 1 fully saturated rings. The van der Waals surface area contributed by atoms with Gasteiger partial charge in [0.05, 0.1) is 12.6 Å². The second-order valence-electron chi connectivity index (χ2n) is 5.48. The molecule has 4 heteroatoms. The zero-order valence-corrected chi connectivity index (χ0v) is 12.3. The lowest BCUT2D eigenvalue weighted by molar-refractivity contribution is -0.115. The van der Waals surface area contributed by atoms with Crippen molar-refractivity contribution in [1.82, 2.24) is 5.32 Å². The Morgan fingerprint density at radius 2 is 2.05 bits per heavy atom. The Morgan fingerprint density at radius 3 is 2.65 bits per heavy atom. The minimum Gasteiger partial charge on any atom is -0.491 e. The van der Waals surface area contributed by atoms with Crippen LogP contribution in [0.3, 0.4) is 0 Å². The van der Waals surface area contributed by atoms with Crippen molar-refractivity contribution in [2.45, 2.75) is 39.2 Å². The molecule has 1 aliphatic carbocycles. The van der Waals surface area contributed by atoms with E-state index in [9.17, 15) is 4.79 Å². The summed E-state index contributed by atoms with van der Waals surface area (Å²) in [4.78, 5) is 11.7. The molecule has 2 N–H and O–H groups in total. The highest BCUT2D eigenvalue weighted by Crippen LogP contribution is 2.27. The van der Waals surface area contributed by atoms with Crippen LogP contribution in [-0.2, 0) is 4.79 Å². The SMILES string of the molecule is CCC(C)Oc1ccc(NC(=O)CNCC2CC2)cc1. The van der Waals surface area contributed by atoms with E-state index in [1.165, 1.54) is 12.8 Å². The molecule has 0 bridgehead atoms. The van der Waals surface area contributed by atoms with Crippen LogP contribution in [0, 0.1) is 5.92 Å². The molecule has 1 aliphatic rings. The number of hydrogen-bond donors (Lipinski definition) is 2. The molecule has 4 nitrogen and oxygen atoms in total. The average molecular weight is 276 g/mol. The van der Waals surface area contributed by atoms with E-state index in [1.807, 2.05) is 31.2 Å². The van der Waals surface area contributed by atoms with Crippen LogP contribution < -0.4 is 15.4 Å². The van der Waals surface area contributed by atoms with Crippen molar-refractivity contribution in [3.63, 3.8) is 0 Å². The fraction of sp³-hybridized carbons (Fsp3) is 0.562. The van der Waals surface area contributed by atoms with Crippen molar-refractivity contribution in [2.75, 3.05) is 18.4 Å². The molecular formula is C16H24N2O2. The third-order valence-electron chi connectivity index (χ3n) is 3.47. The van der Waals surface area contributed by atoms with Gasteiger partial charge in [0.1, 0.15) is 5.75 Å². The molecule has 0 aromatic heterocycles. The van der Waals surface area contributed by atoms with Crippen LogP contribution in [0.5, 0.6) is 5.75 Å². The molecule has 0 heterocycles. The molecule has 0 spiro atoms. The molecule has 110 valence electrons. The molecule has 1 atom stereocenters. The fourth-order valence-electron chi connectivity index (χ4n) is 1.85. The standard InChI is InChI=1S/C16H24N2O2/c1-3-12(2)20-15-8-6-14(7-9-15)18-16(19)11-17-10-13-4-5-13/h6-9,12-13,17H,3-5,10-11H2,1-2H3,(H,18,19). The lowest BCUT2D eigenvalue weighted by Crippen LogP contribution is -2.29. The summed E-state index contributed by atoms with van der Waals surface area (Å²) in [6.07, 6.45) is 3.78. The second kappa shape index (κ2) is 7.29. The summed E-state index contributed by atoms with van der Waals surface area (Å²) < 4.78 is 5.70.